The molecule has 2 aromatic rings. The first-order valence-corrected chi connectivity index (χ1v) is 8.66. The fourth-order valence-electron chi connectivity index (χ4n) is 2.50. The number of carbonyl (C=O) groups excluding carboxylic acids is 1. The summed E-state index contributed by atoms with van der Waals surface area (Å²) in [6.45, 7) is 5.97. The van der Waals surface area contributed by atoms with E-state index >= 15 is 0 Å². The van der Waals surface area contributed by atoms with E-state index in [1.54, 1.807) is 30.3 Å². The molecule has 6 nitrogen and oxygen atoms in total. The smallest absolute Gasteiger partial charge is 0.271 e. The van der Waals surface area contributed by atoms with Crippen molar-refractivity contribution < 1.29 is 14.6 Å². The fraction of sp³-hybridized carbons (Fsp3) is 0.238. The van der Waals surface area contributed by atoms with Gasteiger partial charge in [-0.3, -0.25) is 4.79 Å². The first-order valence-electron chi connectivity index (χ1n) is 8.66. The molecule has 0 saturated heterocycles. The molecule has 0 aromatic heterocycles. The van der Waals surface area contributed by atoms with Crippen LogP contribution in [0.4, 0.5) is 5.69 Å². The normalized spacial score (nSPS) is 10.6. The predicted molar refractivity (Wildman–Crippen MR) is 109 cm³/mol. The highest BCUT2D eigenvalue weighted by Crippen LogP contribution is 2.31. The lowest BCUT2D eigenvalue weighted by atomic mass is 10.1. The van der Waals surface area contributed by atoms with Crippen molar-refractivity contribution in [3.05, 3.63) is 65.7 Å². The first kappa shape index (κ1) is 20.0. The molecular weight excluding hydrogens is 342 g/mol. The van der Waals surface area contributed by atoms with Crippen LogP contribution in [0, 0.1) is 0 Å². The number of benzene rings is 2. The molecule has 0 aliphatic carbocycles. The van der Waals surface area contributed by atoms with Crippen molar-refractivity contribution in [1.82, 2.24) is 5.43 Å². The maximum absolute atomic E-state index is 12.3. The Bertz CT molecular complexity index is 845. The molecule has 0 saturated carbocycles. The minimum atomic E-state index is -0.301. The number of amides is 1. The molecule has 1 amide bonds. The fourth-order valence-corrected chi connectivity index (χ4v) is 2.50. The van der Waals surface area contributed by atoms with Crippen LogP contribution in [0.1, 0.15) is 28.4 Å². The molecular formula is C21H25N3O3. The lowest BCUT2D eigenvalue weighted by Crippen LogP contribution is -2.18. The predicted octanol–water partition coefficient (Wildman–Crippen LogP) is 3.35. The third-order valence-corrected chi connectivity index (χ3v) is 3.84. The van der Waals surface area contributed by atoms with Crippen molar-refractivity contribution in [3.8, 4) is 11.5 Å². The van der Waals surface area contributed by atoms with Gasteiger partial charge in [-0.1, -0.05) is 12.1 Å². The Hall–Kier alpha value is -3.28. The Morgan fingerprint density at radius 3 is 2.78 bits per heavy atom. The largest absolute Gasteiger partial charge is 0.504 e. The molecule has 0 aliphatic heterocycles. The molecule has 0 bridgehead atoms. The number of allylic oxidation sites excluding steroid dienone is 1. The number of hydrazone groups is 1. The number of ether oxygens (including phenoxy) is 1. The molecule has 0 radical (unpaired) electrons. The lowest BCUT2D eigenvalue weighted by Gasteiger charge is -2.13. The topological polar surface area (TPSA) is 74.2 Å². The molecule has 142 valence electrons. The summed E-state index contributed by atoms with van der Waals surface area (Å²) >= 11 is 0. The molecule has 2 N–H and O–H groups in total. The van der Waals surface area contributed by atoms with Gasteiger partial charge < -0.3 is 14.7 Å². The quantitative estimate of drug-likeness (QED) is 0.426. The van der Waals surface area contributed by atoms with Crippen LogP contribution in [0.5, 0.6) is 11.5 Å². The second kappa shape index (κ2) is 9.43. The van der Waals surface area contributed by atoms with Crippen molar-refractivity contribution in [3.63, 3.8) is 0 Å². The van der Waals surface area contributed by atoms with E-state index in [0.29, 0.717) is 35.5 Å². The monoisotopic (exact) mass is 367 g/mol. The van der Waals surface area contributed by atoms with Gasteiger partial charge in [0.2, 0.25) is 0 Å². The van der Waals surface area contributed by atoms with Gasteiger partial charge in [0.15, 0.2) is 11.5 Å². The molecule has 0 atom stereocenters. The van der Waals surface area contributed by atoms with Crippen LogP contribution >= 0.6 is 0 Å². The lowest BCUT2D eigenvalue weighted by molar-refractivity contribution is 0.0955. The van der Waals surface area contributed by atoms with E-state index in [1.807, 2.05) is 38.1 Å². The average molecular weight is 367 g/mol. The number of hydrogen-bond acceptors (Lipinski definition) is 5. The van der Waals surface area contributed by atoms with Gasteiger partial charge in [0.05, 0.1) is 12.8 Å². The van der Waals surface area contributed by atoms with Crippen molar-refractivity contribution in [1.29, 1.82) is 0 Å². The van der Waals surface area contributed by atoms with Gasteiger partial charge in [-0.05, 0) is 49.2 Å². The third kappa shape index (κ3) is 5.34. The molecule has 0 aliphatic rings. The molecule has 0 unspecified atom stereocenters. The Balaban J connectivity index is 2.16. The Morgan fingerprint density at radius 2 is 2.11 bits per heavy atom. The maximum atomic E-state index is 12.3. The van der Waals surface area contributed by atoms with Crippen LogP contribution in [0.25, 0.3) is 0 Å². The molecule has 2 aromatic carbocycles. The number of nitrogens with one attached hydrogen (secondary N) is 1. The number of aromatic hydroxyl groups is 1. The number of phenolic OH excluding ortho intramolecular Hbond substituents is 1. The molecule has 0 heterocycles. The molecule has 2 rings (SSSR count). The van der Waals surface area contributed by atoms with Gasteiger partial charge in [-0.15, -0.1) is 6.58 Å². The SMILES string of the molecule is C=CCc1cc(/C=N\NC(=O)c2cccc(N(C)C)c2)cc(OCC)c1O. The van der Waals surface area contributed by atoms with Crippen LogP contribution in [0.3, 0.4) is 0 Å². The summed E-state index contributed by atoms with van der Waals surface area (Å²) < 4.78 is 5.46. The molecule has 0 fully saturated rings. The average Bonchev–Trinajstić information content (AvgIpc) is 2.65. The van der Waals surface area contributed by atoms with E-state index in [-0.39, 0.29) is 11.7 Å². The molecule has 0 spiro atoms. The number of hydrogen-bond donors (Lipinski definition) is 2. The summed E-state index contributed by atoms with van der Waals surface area (Å²) in [6.07, 6.45) is 3.71. The Labute approximate surface area is 159 Å². The van der Waals surface area contributed by atoms with Crippen molar-refractivity contribution >= 4 is 17.8 Å². The first-order chi connectivity index (χ1) is 13.0. The zero-order chi connectivity index (χ0) is 19.8. The summed E-state index contributed by atoms with van der Waals surface area (Å²) in [6, 6.07) is 10.7. The van der Waals surface area contributed by atoms with Crippen molar-refractivity contribution in [2.24, 2.45) is 5.10 Å². The number of phenols is 1. The van der Waals surface area contributed by atoms with Gasteiger partial charge in [0.25, 0.3) is 5.91 Å². The Kier molecular flexibility index (Phi) is 7.00. The summed E-state index contributed by atoms with van der Waals surface area (Å²) in [5, 5.41) is 14.2. The van der Waals surface area contributed by atoms with Crippen LogP contribution in [-0.4, -0.2) is 37.9 Å². The summed E-state index contributed by atoms with van der Waals surface area (Å²) in [7, 11) is 3.83. The van der Waals surface area contributed by atoms with Gasteiger partial charge >= 0.3 is 0 Å². The zero-order valence-electron chi connectivity index (χ0n) is 15.9. The highest BCUT2D eigenvalue weighted by molar-refractivity contribution is 5.95. The highest BCUT2D eigenvalue weighted by atomic mass is 16.5. The van der Waals surface area contributed by atoms with Crippen molar-refractivity contribution in [2.75, 3.05) is 25.6 Å². The zero-order valence-corrected chi connectivity index (χ0v) is 15.9. The van der Waals surface area contributed by atoms with E-state index in [0.717, 1.165) is 5.69 Å². The standard InChI is InChI=1S/C21H25N3O3/c1-5-8-16-11-15(12-19(20(16)25)27-6-2)14-22-23-21(26)17-9-7-10-18(13-17)24(3)4/h5,7,9-14,25H,1,6,8H2,2-4H3,(H,23,26)/b22-14-. The van der Waals surface area contributed by atoms with Gasteiger partial charge in [-0.2, -0.15) is 5.10 Å². The van der Waals surface area contributed by atoms with Crippen LogP contribution in [-0.2, 0) is 6.42 Å². The van der Waals surface area contributed by atoms with E-state index in [4.69, 9.17) is 4.74 Å². The minimum absolute atomic E-state index is 0.0958. The minimum Gasteiger partial charge on any atom is -0.504 e. The summed E-state index contributed by atoms with van der Waals surface area (Å²) in [5.41, 5.74) is 5.36. The third-order valence-electron chi connectivity index (χ3n) is 3.84. The number of nitrogens with zero attached hydrogens (tertiary/aromatic N) is 2. The second-order valence-corrected chi connectivity index (χ2v) is 6.10. The van der Waals surface area contributed by atoms with E-state index < -0.39 is 0 Å². The second-order valence-electron chi connectivity index (χ2n) is 6.10. The van der Waals surface area contributed by atoms with Gasteiger partial charge in [0, 0.05) is 30.9 Å². The number of rotatable bonds is 8. The molecule has 27 heavy (non-hydrogen) atoms. The van der Waals surface area contributed by atoms with Gasteiger partial charge in [0.1, 0.15) is 0 Å². The highest BCUT2D eigenvalue weighted by Gasteiger charge is 2.10. The molecule has 6 heteroatoms. The number of anilines is 1. The van der Waals surface area contributed by atoms with Crippen LogP contribution < -0.4 is 15.1 Å². The van der Waals surface area contributed by atoms with Crippen LogP contribution in [0.2, 0.25) is 0 Å². The maximum Gasteiger partial charge on any atom is 0.271 e. The Morgan fingerprint density at radius 1 is 1.33 bits per heavy atom. The summed E-state index contributed by atoms with van der Waals surface area (Å²) in [5.74, 6) is 0.173. The van der Waals surface area contributed by atoms with Crippen molar-refractivity contribution in [2.45, 2.75) is 13.3 Å². The number of carbonyl (C=O) groups is 1. The van der Waals surface area contributed by atoms with E-state index in [1.165, 1.54) is 6.21 Å². The van der Waals surface area contributed by atoms with Crippen LogP contribution in [0.15, 0.2) is 54.2 Å². The van der Waals surface area contributed by atoms with E-state index in [2.05, 4.69) is 17.1 Å². The van der Waals surface area contributed by atoms with Gasteiger partial charge in [-0.25, -0.2) is 5.43 Å². The van der Waals surface area contributed by atoms with E-state index in [9.17, 15) is 9.90 Å². The summed E-state index contributed by atoms with van der Waals surface area (Å²) in [4.78, 5) is 14.2.